The average molecular weight is 604 g/mol. The number of anilines is 1. The van der Waals surface area contributed by atoms with Crippen molar-refractivity contribution in [3.63, 3.8) is 0 Å². The summed E-state index contributed by atoms with van der Waals surface area (Å²) in [5, 5.41) is 3.00. The van der Waals surface area contributed by atoms with Gasteiger partial charge in [0, 0.05) is 24.7 Å². The summed E-state index contributed by atoms with van der Waals surface area (Å²) in [6.07, 6.45) is 0.310. The number of sulfonamides is 1. The van der Waals surface area contributed by atoms with Gasteiger partial charge in [-0.3, -0.25) is 13.9 Å². The molecule has 0 aliphatic carbocycles. The lowest BCUT2D eigenvalue weighted by Gasteiger charge is -2.33. The van der Waals surface area contributed by atoms with Gasteiger partial charge >= 0.3 is 0 Å². The highest BCUT2D eigenvalue weighted by Crippen LogP contribution is 2.33. The van der Waals surface area contributed by atoms with Crippen LogP contribution in [0, 0.1) is 0 Å². The van der Waals surface area contributed by atoms with E-state index in [0.29, 0.717) is 22.9 Å². The van der Waals surface area contributed by atoms with Crippen molar-refractivity contribution in [1.82, 2.24) is 10.2 Å². The van der Waals surface area contributed by atoms with Gasteiger partial charge in [-0.1, -0.05) is 30.7 Å². The van der Waals surface area contributed by atoms with E-state index in [0.717, 1.165) is 9.87 Å². The number of nitrogens with one attached hydrogen (secondary N) is 1. The Bertz CT molecular complexity index is 1450. The number of halogens is 1. The Balaban J connectivity index is 2.08. The highest BCUT2D eigenvalue weighted by Gasteiger charge is 2.33. The predicted molar refractivity (Wildman–Crippen MR) is 157 cm³/mol. The molecule has 0 bridgehead atoms. The van der Waals surface area contributed by atoms with Crippen molar-refractivity contribution in [2.75, 3.05) is 39.2 Å². The molecule has 1 atom stereocenters. The van der Waals surface area contributed by atoms with Gasteiger partial charge in [0.2, 0.25) is 11.8 Å². The normalized spacial score (nSPS) is 11.8. The molecule has 0 spiro atoms. The second-order valence-corrected chi connectivity index (χ2v) is 11.2. The average Bonchev–Trinajstić information content (AvgIpc) is 2.99. The molecule has 3 aromatic rings. The van der Waals surface area contributed by atoms with Gasteiger partial charge in [0.05, 0.1) is 31.9 Å². The highest BCUT2D eigenvalue weighted by molar-refractivity contribution is 7.92. The number of amides is 2. The van der Waals surface area contributed by atoms with E-state index in [1.807, 2.05) is 0 Å². The van der Waals surface area contributed by atoms with Gasteiger partial charge in [-0.05, 0) is 60.5 Å². The Kier molecular flexibility index (Phi) is 10.8. The molecule has 3 aromatic carbocycles. The predicted octanol–water partition coefficient (Wildman–Crippen LogP) is 4.11. The summed E-state index contributed by atoms with van der Waals surface area (Å²) in [6, 6.07) is 16.5. The van der Waals surface area contributed by atoms with E-state index in [1.165, 1.54) is 68.6 Å². The van der Waals surface area contributed by atoms with Crippen LogP contribution in [0.4, 0.5) is 5.69 Å². The van der Waals surface area contributed by atoms with Crippen molar-refractivity contribution in [3.8, 4) is 17.2 Å². The maximum absolute atomic E-state index is 14.0. The molecule has 220 valence electrons. The fourth-order valence-electron chi connectivity index (χ4n) is 4.25. The van der Waals surface area contributed by atoms with Crippen LogP contribution in [0.3, 0.4) is 0 Å². The fourth-order valence-corrected chi connectivity index (χ4v) is 5.81. The topological polar surface area (TPSA) is 114 Å². The summed E-state index contributed by atoms with van der Waals surface area (Å²) in [6.45, 7) is 1.27. The first kappa shape index (κ1) is 31.6. The second kappa shape index (κ2) is 14.1. The van der Waals surface area contributed by atoms with E-state index in [9.17, 15) is 18.0 Å². The molecule has 12 heteroatoms. The third-order valence-corrected chi connectivity index (χ3v) is 8.50. The number of methoxy groups -OCH3 is 3. The van der Waals surface area contributed by atoms with Gasteiger partial charge in [-0.15, -0.1) is 0 Å². The molecule has 0 aromatic heterocycles. The van der Waals surface area contributed by atoms with E-state index in [4.69, 9.17) is 25.8 Å². The number of carbonyl (C=O) groups is 2. The zero-order valence-corrected chi connectivity index (χ0v) is 25.2. The van der Waals surface area contributed by atoms with E-state index >= 15 is 0 Å². The van der Waals surface area contributed by atoms with Gasteiger partial charge in [0.25, 0.3) is 10.0 Å². The summed E-state index contributed by atoms with van der Waals surface area (Å²) in [5.74, 6) is 0.260. The summed E-state index contributed by atoms with van der Waals surface area (Å²) in [7, 11) is 1.58. The molecule has 0 aliphatic rings. The Hall–Kier alpha value is -3.96. The Labute approximate surface area is 245 Å². The number of likely N-dealkylation sites (N-methyl/N-ethyl adjacent to an activating group) is 1. The van der Waals surface area contributed by atoms with Crippen molar-refractivity contribution in [3.05, 3.63) is 77.3 Å². The monoisotopic (exact) mass is 603 g/mol. The Morgan fingerprint density at radius 2 is 1.54 bits per heavy atom. The van der Waals surface area contributed by atoms with Crippen molar-refractivity contribution < 1.29 is 32.2 Å². The lowest BCUT2D eigenvalue weighted by atomic mass is 10.1. The molecule has 0 fully saturated rings. The minimum Gasteiger partial charge on any atom is -0.497 e. The van der Waals surface area contributed by atoms with Crippen molar-refractivity contribution in [1.29, 1.82) is 0 Å². The quantitative estimate of drug-likeness (QED) is 0.313. The third kappa shape index (κ3) is 7.42. The number of benzene rings is 3. The SMILES string of the molecule is CCC(C(=O)NC)N(Cc1ccc(OC)cc1)C(=O)CN(c1ccc(Cl)cc1)S(=O)(=O)c1ccc(OC)c(OC)c1. The van der Waals surface area contributed by atoms with Crippen LogP contribution < -0.4 is 23.8 Å². The first-order valence-corrected chi connectivity index (χ1v) is 14.6. The summed E-state index contributed by atoms with van der Waals surface area (Å²) in [5.41, 5.74) is 0.956. The minimum atomic E-state index is -4.30. The Morgan fingerprint density at radius 1 is 0.902 bits per heavy atom. The van der Waals surface area contributed by atoms with Crippen LogP contribution in [-0.2, 0) is 26.2 Å². The molecule has 0 heterocycles. The number of hydrogen-bond acceptors (Lipinski definition) is 7. The standard InChI is InChI=1S/C29H34ClN3O7S/c1-6-25(29(35)31-2)32(18-20-7-13-23(38-3)14-8-20)28(34)19-33(22-11-9-21(30)10-12-22)41(36,37)24-15-16-26(39-4)27(17-24)40-5/h7-17,25H,6,18-19H2,1-5H3,(H,31,35). The van der Waals surface area contributed by atoms with Crippen LogP contribution in [0.2, 0.25) is 5.02 Å². The summed E-state index contributed by atoms with van der Waals surface area (Å²) < 4.78 is 44.8. The van der Waals surface area contributed by atoms with Crippen LogP contribution in [0.25, 0.3) is 0 Å². The number of rotatable bonds is 13. The van der Waals surface area contributed by atoms with E-state index in [-0.39, 0.29) is 28.8 Å². The zero-order chi connectivity index (χ0) is 30.2. The van der Waals surface area contributed by atoms with Crippen LogP contribution in [0.15, 0.2) is 71.6 Å². The molecular weight excluding hydrogens is 570 g/mol. The lowest BCUT2D eigenvalue weighted by molar-refractivity contribution is -0.140. The van der Waals surface area contributed by atoms with Crippen LogP contribution in [-0.4, -0.2) is 66.1 Å². The molecule has 1 N–H and O–H groups in total. The van der Waals surface area contributed by atoms with Gasteiger partial charge in [-0.25, -0.2) is 8.42 Å². The lowest BCUT2D eigenvalue weighted by Crippen LogP contribution is -2.51. The van der Waals surface area contributed by atoms with Crippen LogP contribution in [0.5, 0.6) is 17.2 Å². The maximum atomic E-state index is 14.0. The smallest absolute Gasteiger partial charge is 0.264 e. The van der Waals surface area contributed by atoms with Gasteiger partial charge in [0.15, 0.2) is 11.5 Å². The van der Waals surface area contributed by atoms with Crippen LogP contribution >= 0.6 is 11.6 Å². The van der Waals surface area contributed by atoms with Crippen LogP contribution in [0.1, 0.15) is 18.9 Å². The Morgan fingerprint density at radius 3 is 2.07 bits per heavy atom. The van der Waals surface area contributed by atoms with Crippen molar-refractivity contribution >= 4 is 39.1 Å². The van der Waals surface area contributed by atoms with Gasteiger partial charge < -0.3 is 24.4 Å². The molecule has 1 unspecified atom stereocenters. The number of ether oxygens (including phenoxy) is 3. The molecule has 2 amide bonds. The zero-order valence-electron chi connectivity index (χ0n) is 23.6. The summed E-state index contributed by atoms with van der Waals surface area (Å²) in [4.78, 5) is 28.1. The first-order valence-electron chi connectivity index (χ1n) is 12.7. The molecule has 0 radical (unpaired) electrons. The maximum Gasteiger partial charge on any atom is 0.264 e. The minimum absolute atomic E-state index is 0.0691. The molecule has 41 heavy (non-hydrogen) atoms. The third-order valence-electron chi connectivity index (χ3n) is 6.48. The highest BCUT2D eigenvalue weighted by atomic mass is 35.5. The van der Waals surface area contributed by atoms with Gasteiger partial charge in [0.1, 0.15) is 18.3 Å². The van der Waals surface area contributed by atoms with Crippen molar-refractivity contribution in [2.24, 2.45) is 0 Å². The largest absolute Gasteiger partial charge is 0.497 e. The second-order valence-electron chi connectivity index (χ2n) is 8.91. The number of carbonyl (C=O) groups excluding carboxylic acids is 2. The van der Waals surface area contributed by atoms with E-state index < -0.39 is 28.5 Å². The molecule has 0 saturated carbocycles. The van der Waals surface area contributed by atoms with E-state index in [1.54, 1.807) is 38.3 Å². The van der Waals surface area contributed by atoms with E-state index in [2.05, 4.69) is 5.32 Å². The number of hydrogen-bond donors (Lipinski definition) is 1. The number of nitrogens with zero attached hydrogens (tertiary/aromatic N) is 2. The molecule has 10 nitrogen and oxygen atoms in total. The molecule has 0 saturated heterocycles. The van der Waals surface area contributed by atoms with Crippen molar-refractivity contribution in [2.45, 2.75) is 30.8 Å². The first-order chi connectivity index (χ1) is 19.6. The molecule has 0 aliphatic heterocycles. The fraction of sp³-hybridized carbons (Fsp3) is 0.310. The summed E-state index contributed by atoms with van der Waals surface area (Å²) >= 11 is 6.07. The molecular formula is C29H34ClN3O7S. The van der Waals surface area contributed by atoms with Gasteiger partial charge in [-0.2, -0.15) is 0 Å². The molecule has 3 rings (SSSR count).